The second-order valence-corrected chi connectivity index (χ2v) is 3.21. The topological polar surface area (TPSA) is 9.23 Å². The number of hydrogen-bond acceptors (Lipinski definition) is 1. The summed E-state index contributed by atoms with van der Waals surface area (Å²) in [6, 6.07) is 10.2. The Kier molecular flexibility index (Phi) is 4.27. The molecule has 70 valence electrons. The Morgan fingerprint density at radius 3 is 2.69 bits per heavy atom. The lowest BCUT2D eigenvalue weighted by molar-refractivity contribution is 0.104. The molecule has 1 rings (SSSR count). The van der Waals surface area contributed by atoms with Crippen molar-refractivity contribution in [3.63, 3.8) is 0 Å². The predicted octanol–water partition coefficient (Wildman–Crippen LogP) is 3.03. The lowest BCUT2D eigenvalue weighted by Crippen LogP contribution is -2.02. The fourth-order valence-electron chi connectivity index (χ4n) is 1.00. The molecule has 1 heteroatoms. The molecule has 1 aromatic carbocycles. The first-order chi connectivity index (χ1) is 6.33. The van der Waals surface area contributed by atoms with Crippen LogP contribution >= 0.6 is 0 Å². The van der Waals surface area contributed by atoms with Crippen LogP contribution in [0.5, 0.6) is 0 Å². The monoisotopic (exact) mass is 176 g/mol. The van der Waals surface area contributed by atoms with Crippen molar-refractivity contribution in [3.05, 3.63) is 48.6 Å². The minimum absolute atomic E-state index is 0.434. The molecule has 0 bridgehead atoms. The van der Waals surface area contributed by atoms with Gasteiger partial charge in [-0.15, -0.1) is 6.58 Å². The highest BCUT2D eigenvalue weighted by molar-refractivity contribution is 5.13. The van der Waals surface area contributed by atoms with Gasteiger partial charge in [0, 0.05) is 0 Å². The summed E-state index contributed by atoms with van der Waals surface area (Å²) < 4.78 is 5.50. The summed E-state index contributed by atoms with van der Waals surface area (Å²) in [6.07, 6.45) is 1.91. The summed E-state index contributed by atoms with van der Waals surface area (Å²) in [5.74, 6) is 0.434. The number of hydrogen-bond donors (Lipinski definition) is 0. The fourth-order valence-corrected chi connectivity index (χ4v) is 1.00. The van der Waals surface area contributed by atoms with Gasteiger partial charge in [-0.3, -0.25) is 0 Å². The van der Waals surface area contributed by atoms with Crippen LogP contribution in [0.15, 0.2) is 43.0 Å². The average Bonchev–Trinajstić information content (AvgIpc) is 2.19. The zero-order valence-electron chi connectivity index (χ0n) is 8.07. The molecule has 1 aromatic rings. The van der Waals surface area contributed by atoms with Gasteiger partial charge in [-0.05, 0) is 11.5 Å². The lowest BCUT2D eigenvalue weighted by Gasteiger charge is -2.06. The Morgan fingerprint density at radius 1 is 1.38 bits per heavy atom. The predicted molar refractivity (Wildman–Crippen MR) is 55.5 cm³/mol. The smallest absolute Gasteiger partial charge is 0.0717 e. The van der Waals surface area contributed by atoms with Crippen molar-refractivity contribution in [1.82, 2.24) is 0 Å². The van der Waals surface area contributed by atoms with Gasteiger partial charge in [-0.25, -0.2) is 0 Å². The minimum Gasteiger partial charge on any atom is -0.376 e. The van der Waals surface area contributed by atoms with Crippen LogP contribution in [0.25, 0.3) is 0 Å². The van der Waals surface area contributed by atoms with Crippen LogP contribution in [-0.2, 0) is 11.3 Å². The molecule has 0 aliphatic heterocycles. The minimum atomic E-state index is 0.434. The molecule has 0 saturated heterocycles. The normalized spacial score (nSPS) is 12.4. The van der Waals surface area contributed by atoms with Gasteiger partial charge >= 0.3 is 0 Å². The zero-order valence-corrected chi connectivity index (χ0v) is 8.07. The van der Waals surface area contributed by atoms with E-state index in [4.69, 9.17) is 4.74 Å². The molecule has 0 aliphatic carbocycles. The van der Waals surface area contributed by atoms with Crippen LogP contribution in [0.1, 0.15) is 12.5 Å². The highest BCUT2D eigenvalue weighted by Crippen LogP contribution is 2.03. The Morgan fingerprint density at radius 2 is 2.08 bits per heavy atom. The molecule has 0 aromatic heterocycles. The van der Waals surface area contributed by atoms with E-state index in [2.05, 4.69) is 25.6 Å². The van der Waals surface area contributed by atoms with Crippen LogP contribution in [0.3, 0.4) is 0 Å². The highest BCUT2D eigenvalue weighted by atomic mass is 16.5. The van der Waals surface area contributed by atoms with Crippen molar-refractivity contribution in [2.45, 2.75) is 13.5 Å². The molecule has 1 nitrogen and oxygen atoms in total. The van der Waals surface area contributed by atoms with Gasteiger partial charge in [0.2, 0.25) is 0 Å². The first kappa shape index (κ1) is 10.0. The lowest BCUT2D eigenvalue weighted by atomic mass is 10.2. The van der Waals surface area contributed by atoms with E-state index in [-0.39, 0.29) is 0 Å². The summed E-state index contributed by atoms with van der Waals surface area (Å²) >= 11 is 0. The van der Waals surface area contributed by atoms with E-state index in [1.807, 2.05) is 24.3 Å². The number of ether oxygens (including phenoxy) is 1. The van der Waals surface area contributed by atoms with E-state index in [9.17, 15) is 0 Å². The van der Waals surface area contributed by atoms with Gasteiger partial charge in [-0.2, -0.15) is 0 Å². The second kappa shape index (κ2) is 5.55. The second-order valence-electron chi connectivity index (χ2n) is 3.21. The SMILES string of the molecule is C=C[C@H](C)COCc1ccccc1. The molecule has 1 atom stereocenters. The third-order valence-corrected chi connectivity index (χ3v) is 1.89. The number of rotatable bonds is 5. The molecule has 0 N–H and O–H groups in total. The molecule has 0 amide bonds. The van der Waals surface area contributed by atoms with Gasteiger partial charge in [0.15, 0.2) is 0 Å². The maximum absolute atomic E-state index is 5.50. The van der Waals surface area contributed by atoms with Crippen LogP contribution in [-0.4, -0.2) is 6.61 Å². The summed E-state index contributed by atoms with van der Waals surface area (Å²) in [7, 11) is 0. The fraction of sp³-hybridized carbons (Fsp3) is 0.333. The molecule has 0 aliphatic rings. The number of benzene rings is 1. The Bertz CT molecular complexity index is 241. The third-order valence-electron chi connectivity index (χ3n) is 1.89. The van der Waals surface area contributed by atoms with Crippen molar-refractivity contribution in [1.29, 1.82) is 0 Å². The first-order valence-corrected chi connectivity index (χ1v) is 4.57. The van der Waals surface area contributed by atoms with Gasteiger partial charge in [-0.1, -0.05) is 43.3 Å². The molecular formula is C12H16O. The van der Waals surface area contributed by atoms with Gasteiger partial charge in [0.05, 0.1) is 13.2 Å². The molecule has 0 unspecified atom stereocenters. The van der Waals surface area contributed by atoms with E-state index in [1.165, 1.54) is 5.56 Å². The van der Waals surface area contributed by atoms with Crippen LogP contribution in [0.2, 0.25) is 0 Å². The highest BCUT2D eigenvalue weighted by Gasteiger charge is 1.96. The molecular weight excluding hydrogens is 160 g/mol. The first-order valence-electron chi connectivity index (χ1n) is 4.57. The molecule has 13 heavy (non-hydrogen) atoms. The standard InChI is InChI=1S/C12H16O/c1-3-11(2)9-13-10-12-7-5-4-6-8-12/h3-8,11H,1,9-10H2,2H3/t11-/m0/s1. The van der Waals surface area contributed by atoms with Gasteiger partial charge < -0.3 is 4.74 Å². The van der Waals surface area contributed by atoms with E-state index in [0.717, 1.165) is 6.61 Å². The molecule has 0 spiro atoms. The summed E-state index contributed by atoms with van der Waals surface area (Å²) in [6.45, 7) is 7.24. The van der Waals surface area contributed by atoms with Crippen molar-refractivity contribution < 1.29 is 4.74 Å². The average molecular weight is 176 g/mol. The molecule has 0 saturated carbocycles. The van der Waals surface area contributed by atoms with E-state index < -0.39 is 0 Å². The van der Waals surface area contributed by atoms with E-state index in [1.54, 1.807) is 0 Å². The maximum Gasteiger partial charge on any atom is 0.0717 e. The summed E-state index contributed by atoms with van der Waals surface area (Å²) in [5.41, 5.74) is 1.22. The van der Waals surface area contributed by atoms with Gasteiger partial charge in [0.1, 0.15) is 0 Å². The van der Waals surface area contributed by atoms with Crippen molar-refractivity contribution >= 4 is 0 Å². The Balaban J connectivity index is 2.24. The summed E-state index contributed by atoms with van der Waals surface area (Å²) in [4.78, 5) is 0. The van der Waals surface area contributed by atoms with Crippen molar-refractivity contribution in [3.8, 4) is 0 Å². The summed E-state index contributed by atoms with van der Waals surface area (Å²) in [5, 5.41) is 0. The van der Waals surface area contributed by atoms with Crippen LogP contribution in [0, 0.1) is 5.92 Å². The van der Waals surface area contributed by atoms with E-state index >= 15 is 0 Å². The maximum atomic E-state index is 5.50. The Hall–Kier alpha value is -1.08. The molecule has 0 fully saturated rings. The van der Waals surface area contributed by atoms with Crippen LogP contribution in [0.4, 0.5) is 0 Å². The largest absolute Gasteiger partial charge is 0.376 e. The van der Waals surface area contributed by atoms with Gasteiger partial charge in [0.25, 0.3) is 0 Å². The third kappa shape index (κ3) is 3.90. The van der Waals surface area contributed by atoms with Crippen molar-refractivity contribution in [2.24, 2.45) is 5.92 Å². The zero-order chi connectivity index (χ0) is 9.52. The quantitative estimate of drug-likeness (QED) is 0.626. The van der Waals surface area contributed by atoms with Crippen LogP contribution < -0.4 is 0 Å². The molecule has 0 heterocycles. The van der Waals surface area contributed by atoms with Crippen molar-refractivity contribution in [2.75, 3.05) is 6.61 Å². The Labute approximate surface area is 80.0 Å². The molecule has 0 radical (unpaired) electrons. The van der Waals surface area contributed by atoms with E-state index in [0.29, 0.717) is 12.5 Å².